The van der Waals surface area contributed by atoms with Crippen molar-refractivity contribution in [1.29, 1.82) is 0 Å². The molecule has 3 rings (SSSR count). The Balaban J connectivity index is 1.79. The zero-order valence-electron chi connectivity index (χ0n) is 21.4. The minimum absolute atomic E-state index is 0.0525. The Bertz CT molecular complexity index is 1020. The highest BCUT2D eigenvalue weighted by Gasteiger charge is 2.32. The molecule has 1 unspecified atom stereocenters. The number of methoxy groups -OCH3 is 1. The normalized spacial score (nSPS) is 16.0. The Labute approximate surface area is 217 Å². The average Bonchev–Trinajstić information content (AvgIpc) is 3.06. The van der Waals surface area contributed by atoms with Gasteiger partial charge in [0.15, 0.2) is 0 Å². The summed E-state index contributed by atoms with van der Waals surface area (Å²) in [6.45, 7) is 5.77. The second-order valence-corrected chi connectivity index (χ2v) is 9.42. The van der Waals surface area contributed by atoms with E-state index in [4.69, 9.17) is 9.47 Å². The summed E-state index contributed by atoms with van der Waals surface area (Å²) in [6.07, 6.45) is 1.48. The molecule has 0 aromatic heterocycles. The third-order valence-electron chi connectivity index (χ3n) is 6.24. The van der Waals surface area contributed by atoms with Crippen LogP contribution in [0.1, 0.15) is 29.8 Å². The molecule has 0 aliphatic carbocycles. The van der Waals surface area contributed by atoms with Crippen LogP contribution in [0, 0.1) is 0 Å². The van der Waals surface area contributed by atoms with Crippen LogP contribution in [0.4, 0.5) is 0 Å². The number of likely N-dealkylation sites (N-methyl/N-ethyl adjacent to an activating group) is 1. The van der Waals surface area contributed by atoms with Gasteiger partial charge in [-0.15, -0.1) is 11.8 Å². The minimum Gasteiger partial charge on any atom is -0.497 e. The number of ether oxygens (including phenoxy) is 2. The number of amides is 3. The molecule has 1 saturated heterocycles. The summed E-state index contributed by atoms with van der Waals surface area (Å²) in [6, 6.07) is 14.9. The SMILES string of the molecule is CCN(CC)C(=O)COC1CN(Cc2ccc(OC)cc2)C(=O)CN(C(=O)c2ccc(SC)cc2)C1. The van der Waals surface area contributed by atoms with Crippen molar-refractivity contribution < 1.29 is 23.9 Å². The van der Waals surface area contributed by atoms with Gasteiger partial charge in [-0.3, -0.25) is 14.4 Å². The fourth-order valence-corrected chi connectivity index (χ4v) is 4.52. The number of nitrogens with zero attached hydrogens (tertiary/aromatic N) is 3. The quantitative estimate of drug-likeness (QED) is 0.454. The van der Waals surface area contributed by atoms with Gasteiger partial charge in [0, 0.05) is 43.2 Å². The van der Waals surface area contributed by atoms with Crippen LogP contribution in [0.3, 0.4) is 0 Å². The Hall–Kier alpha value is -3.04. The lowest BCUT2D eigenvalue weighted by molar-refractivity contribution is -0.138. The van der Waals surface area contributed by atoms with E-state index in [1.165, 1.54) is 4.90 Å². The molecule has 1 heterocycles. The van der Waals surface area contributed by atoms with E-state index in [9.17, 15) is 14.4 Å². The molecule has 1 fully saturated rings. The van der Waals surface area contributed by atoms with Crippen molar-refractivity contribution >= 4 is 29.5 Å². The van der Waals surface area contributed by atoms with Gasteiger partial charge in [0.25, 0.3) is 5.91 Å². The maximum atomic E-state index is 13.3. The van der Waals surface area contributed by atoms with Crippen molar-refractivity contribution in [2.75, 3.05) is 52.7 Å². The largest absolute Gasteiger partial charge is 0.497 e. The maximum Gasteiger partial charge on any atom is 0.254 e. The first-order valence-corrected chi connectivity index (χ1v) is 13.3. The van der Waals surface area contributed by atoms with Crippen molar-refractivity contribution in [3.63, 3.8) is 0 Å². The first kappa shape index (κ1) is 27.5. The van der Waals surface area contributed by atoms with Gasteiger partial charge in [0.1, 0.15) is 18.9 Å². The van der Waals surface area contributed by atoms with E-state index < -0.39 is 6.10 Å². The number of hydrogen-bond acceptors (Lipinski definition) is 6. The van der Waals surface area contributed by atoms with E-state index in [1.807, 2.05) is 56.5 Å². The Morgan fingerprint density at radius 2 is 1.69 bits per heavy atom. The van der Waals surface area contributed by atoms with Crippen LogP contribution in [0.15, 0.2) is 53.4 Å². The van der Waals surface area contributed by atoms with E-state index in [-0.39, 0.29) is 44.0 Å². The predicted octanol–water partition coefficient (Wildman–Crippen LogP) is 3.16. The first-order chi connectivity index (χ1) is 17.4. The highest BCUT2D eigenvalue weighted by Crippen LogP contribution is 2.19. The summed E-state index contributed by atoms with van der Waals surface area (Å²) in [4.78, 5) is 45.1. The molecule has 0 saturated carbocycles. The molecule has 1 aliphatic heterocycles. The molecule has 2 aromatic rings. The number of thioether (sulfide) groups is 1. The second kappa shape index (κ2) is 13.3. The summed E-state index contributed by atoms with van der Waals surface area (Å²) in [5.74, 6) is 0.233. The van der Waals surface area contributed by atoms with Crippen LogP contribution in [0.25, 0.3) is 0 Å². The van der Waals surface area contributed by atoms with Gasteiger partial charge < -0.3 is 24.2 Å². The van der Waals surface area contributed by atoms with Gasteiger partial charge in [-0.05, 0) is 62.1 Å². The summed E-state index contributed by atoms with van der Waals surface area (Å²) in [5, 5.41) is 0. The lowest BCUT2D eigenvalue weighted by Crippen LogP contribution is -2.41. The molecule has 1 atom stereocenters. The molecule has 3 amide bonds. The molecule has 8 nitrogen and oxygen atoms in total. The second-order valence-electron chi connectivity index (χ2n) is 8.54. The zero-order valence-corrected chi connectivity index (χ0v) is 22.3. The van der Waals surface area contributed by atoms with E-state index >= 15 is 0 Å². The minimum atomic E-state index is -0.497. The first-order valence-electron chi connectivity index (χ1n) is 12.1. The Morgan fingerprint density at radius 3 is 2.28 bits per heavy atom. The molecule has 36 heavy (non-hydrogen) atoms. The monoisotopic (exact) mass is 513 g/mol. The summed E-state index contributed by atoms with van der Waals surface area (Å²) >= 11 is 1.60. The fraction of sp³-hybridized carbons (Fsp3) is 0.444. The van der Waals surface area contributed by atoms with Crippen molar-refractivity contribution in [3.05, 3.63) is 59.7 Å². The van der Waals surface area contributed by atoms with E-state index in [0.717, 1.165) is 16.2 Å². The van der Waals surface area contributed by atoms with Crippen LogP contribution < -0.4 is 4.74 Å². The molecule has 0 N–H and O–H groups in total. The van der Waals surface area contributed by atoms with Gasteiger partial charge >= 0.3 is 0 Å². The lowest BCUT2D eigenvalue weighted by Gasteiger charge is -2.26. The van der Waals surface area contributed by atoms with Crippen molar-refractivity contribution in [1.82, 2.24) is 14.7 Å². The number of hydrogen-bond donors (Lipinski definition) is 0. The average molecular weight is 514 g/mol. The van der Waals surface area contributed by atoms with Gasteiger partial charge in [0.2, 0.25) is 11.8 Å². The van der Waals surface area contributed by atoms with Crippen LogP contribution in [0.2, 0.25) is 0 Å². The van der Waals surface area contributed by atoms with Gasteiger partial charge in [-0.25, -0.2) is 0 Å². The molecular formula is C27H35N3O5S. The number of carbonyl (C=O) groups is 3. The standard InChI is InChI=1S/C27H35N3O5S/c1-5-28(6-2)26(32)19-35-23-16-29(15-20-7-11-22(34-3)12-8-20)25(31)18-30(17-23)27(33)21-9-13-24(36-4)14-10-21/h7-14,23H,5-6,15-19H2,1-4H3. The number of rotatable bonds is 10. The van der Waals surface area contributed by atoms with Gasteiger partial charge in [0.05, 0.1) is 13.2 Å². The zero-order chi connectivity index (χ0) is 26.1. The fourth-order valence-electron chi connectivity index (χ4n) is 4.12. The van der Waals surface area contributed by atoms with Crippen LogP contribution in [-0.2, 0) is 20.9 Å². The van der Waals surface area contributed by atoms with Crippen molar-refractivity contribution in [2.45, 2.75) is 31.4 Å². The summed E-state index contributed by atoms with van der Waals surface area (Å²) in [7, 11) is 1.61. The highest BCUT2D eigenvalue weighted by molar-refractivity contribution is 7.98. The molecule has 0 spiro atoms. The third kappa shape index (κ3) is 7.24. The molecule has 2 aromatic carbocycles. The number of carbonyl (C=O) groups excluding carboxylic acids is 3. The van der Waals surface area contributed by atoms with E-state index in [1.54, 1.807) is 40.8 Å². The maximum absolute atomic E-state index is 13.3. The number of benzene rings is 2. The van der Waals surface area contributed by atoms with Gasteiger partial charge in [-0.1, -0.05) is 12.1 Å². The Kier molecular flexibility index (Phi) is 10.2. The molecule has 1 aliphatic rings. The van der Waals surface area contributed by atoms with Crippen molar-refractivity contribution in [2.24, 2.45) is 0 Å². The summed E-state index contributed by atoms with van der Waals surface area (Å²) in [5.41, 5.74) is 1.46. The summed E-state index contributed by atoms with van der Waals surface area (Å²) < 4.78 is 11.2. The highest BCUT2D eigenvalue weighted by atomic mass is 32.2. The third-order valence-corrected chi connectivity index (χ3v) is 6.99. The van der Waals surface area contributed by atoms with Crippen molar-refractivity contribution in [3.8, 4) is 5.75 Å². The Morgan fingerprint density at radius 1 is 1.03 bits per heavy atom. The lowest BCUT2D eigenvalue weighted by atomic mass is 10.2. The smallest absolute Gasteiger partial charge is 0.254 e. The van der Waals surface area contributed by atoms with Crippen LogP contribution in [0.5, 0.6) is 5.75 Å². The van der Waals surface area contributed by atoms with E-state index in [0.29, 0.717) is 25.2 Å². The topological polar surface area (TPSA) is 79.4 Å². The molecule has 9 heteroatoms. The molecule has 194 valence electrons. The van der Waals surface area contributed by atoms with Crippen LogP contribution >= 0.6 is 11.8 Å². The predicted molar refractivity (Wildman–Crippen MR) is 140 cm³/mol. The van der Waals surface area contributed by atoms with Crippen LogP contribution in [-0.4, -0.2) is 91.2 Å². The van der Waals surface area contributed by atoms with Gasteiger partial charge in [-0.2, -0.15) is 0 Å². The molecule has 0 radical (unpaired) electrons. The molecule has 0 bridgehead atoms. The van der Waals surface area contributed by atoms with E-state index in [2.05, 4.69) is 0 Å². The molecular weight excluding hydrogens is 478 g/mol.